The van der Waals surface area contributed by atoms with Crippen molar-refractivity contribution in [3.05, 3.63) is 0 Å². The van der Waals surface area contributed by atoms with Crippen molar-refractivity contribution in [1.82, 2.24) is 0 Å². The number of hydrogen-bond donors (Lipinski definition) is 1. The minimum Gasteiger partial charge on any atom is -0.283 e. The molecule has 53 heteroatoms. The van der Waals surface area contributed by atoms with Gasteiger partial charge in [0.2, 0.25) is 12.5 Å². The molecule has 0 fully saturated rings. The Kier molecular flexibility index (Phi) is 31.4. The highest BCUT2D eigenvalue weighted by atomic mass is 35.6. The molecule has 0 aliphatic heterocycles. The summed E-state index contributed by atoms with van der Waals surface area (Å²) in [7, 11) is -5.88. The van der Waals surface area contributed by atoms with Crippen LogP contribution in [0.3, 0.4) is 0 Å². The van der Waals surface area contributed by atoms with Crippen LogP contribution in [0.1, 0.15) is 0 Å². The van der Waals surface area contributed by atoms with Gasteiger partial charge < -0.3 is 0 Å². The molecule has 0 atom stereocenters. The number of halogens is 49. The second-order valence-corrected chi connectivity index (χ2v) is 48.9. The van der Waals surface area contributed by atoms with Crippen LogP contribution < -0.4 is 0 Å². The van der Waals surface area contributed by atoms with Crippen LogP contribution in [0.5, 0.6) is 0 Å². The van der Waals surface area contributed by atoms with E-state index >= 15 is 0 Å². The van der Waals surface area contributed by atoms with Gasteiger partial charge in [-0.25, -0.2) is 0 Å². The van der Waals surface area contributed by atoms with Gasteiger partial charge in [0.1, 0.15) is 0 Å². The molecule has 0 unspecified atom stereocenters. The highest BCUT2D eigenvalue weighted by Crippen LogP contribution is 2.81. The molecule has 0 saturated heterocycles. The molecule has 0 bridgehead atoms. The lowest BCUT2D eigenvalue weighted by Gasteiger charge is -2.59. The van der Waals surface area contributed by atoms with Gasteiger partial charge in [-0.2, -0.15) is 8.42 Å². The molecular weight excluding hydrogens is 2110 g/mol. The summed E-state index contributed by atoms with van der Waals surface area (Å²) in [6.45, 7) is 0. The van der Waals surface area contributed by atoms with Crippen LogP contribution in [0, 0.1) is 0 Å². The van der Waals surface area contributed by atoms with Crippen LogP contribution in [0.25, 0.3) is 0 Å². The van der Waals surface area contributed by atoms with Crippen molar-refractivity contribution in [1.29, 1.82) is 0 Å². The zero-order chi connectivity index (χ0) is 64.5. The molecule has 464 valence electrons. The summed E-state index contributed by atoms with van der Waals surface area (Å²) in [5.41, 5.74) is 0. The Morgan fingerprint density at radius 1 is 0.156 bits per heavy atom. The van der Waals surface area contributed by atoms with Crippen molar-refractivity contribution in [3.8, 4) is 0 Å². The van der Waals surface area contributed by atoms with Crippen molar-refractivity contribution in [3.63, 3.8) is 0 Å². The van der Waals surface area contributed by atoms with E-state index in [9.17, 15) is 13.0 Å². The highest BCUT2D eigenvalue weighted by Gasteiger charge is 2.90. The molecular formula is C24HCl49O3S. The average molecular weight is 2110 g/mol. The monoisotopic (exact) mass is 2080 g/mol. The van der Waals surface area contributed by atoms with Gasteiger partial charge in [0, 0.05) is 0 Å². The average Bonchev–Trinajstić information content (AvgIpc) is 3.18. The van der Waals surface area contributed by atoms with Crippen LogP contribution in [0.2, 0.25) is 0 Å². The summed E-state index contributed by atoms with van der Waals surface area (Å²) in [4.78, 5) is 0. The molecule has 77 heavy (non-hydrogen) atoms. The van der Waals surface area contributed by atoms with E-state index in [0.717, 1.165) is 0 Å². The molecule has 0 amide bonds. The van der Waals surface area contributed by atoms with E-state index in [1.165, 1.54) is 0 Å². The topological polar surface area (TPSA) is 54.4 Å². The third-order valence-corrected chi connectivity index (χ3v) is 47.1. The predicted molar refractivity (Wildman–Crippen MR) is 364 cm³/mol. The molecule has 0 aromatic rings. The maximum absolute atomic E-state index is 12.1. The van der Waals surface area contributed by atoms with Crippen molar-refractivity contribution in [2.24, 2.45) is 0 Å². The largest absolute Gasteiger partial charge is 0.302 e. The zero-order valence-electron chi connectivity index (χ0n) is 32.2. The summed E-state index contributed by atoms with van der Waals surface area (Å²) >= 11 is 315. The molecule has 0 aromatic heterocycles. The molecule has 1 N–H and O–H groups in total. The first-order valence-corrected chi connectivity index (χ1v) is 35.7. The first-order chi connectivity index (χ1) is 32.0. The SMILES string of the molecule is O=S(=O)(O)C(Cl)(Cl)C(Cl)(Cl)C(Cl)(Cl)C(Cl)(Cl)C(Cl)(Cl)C(Cl)(Cl)C(Cl)(Cl)C(Cl)(Cl)C(Cl)(Cl)C(Cl)(Cl)C(Cl)(Cl)C(Cl)(Cl)C(Cl)(Cl)C(Cl)(Cl)C(Cl)(Cl)C(Cl)(Cl)C(Cl)(Cl)C(Cl)(Cl)C(Cl)(Cl)C(Cl)(Cl)C(Cl)(Cl)C(Cl)(Cl)C(Cl)(Cl)C(Cl)(Cl)Cl. The van der Waals surface area contributed by atoms with Gasteiger partial charge in [-0.15, -0.1) is 0 Å². The minimum absolute atomic E-state index is 2.95. The van der Waals surface area contributed by atoms with E-state index in [2.05, 4.69) is 0 Å². The van der Waals surface area contributed by atoms with Gasteiger partial charge in [0.15, 0.2) is 86.7 Å². The quantitative estimate of drug-likeness (QED) is 0.0819. The highest BCUT2D eigenvalue weighted by molar-refractivity contribution is 7.90. The fourth-order valence-electron chi connectivity index (χ4n) is 4.47. The second kappa shape index (κ2) is 26.6. The van der Waals surface area contributed by atoms with Crippen molar-refractivity contribution < 1.29 is 13.0 Å². The molecule has 0 rings (SSSR count). The Morgan fingerprint density at radius 3 is 0.312 bits per heavy atom. The van der Waals surface area contributed by atoms with Crippen LogP contribution in [0.4, 0.5) is 0 Å². The van der Waals surface area contributed by atoms with Gasteiger partial charge in [0.05, 0.1) is 0 Å². The first-order valence-electron chi connectivity index (χ1n) is 15.7. The van der Waals surface area contributed by atoms with E-state index in [-0.39, 0.29) is 0 Å². The summed E-state index contributed by atoms with van der Waals surface area (Å²) in [5, 5.41) is 0. The Labute approximate surface area is 682 Å². The summed E-state index contributed by atoms with van der Waals surface area (Å²) in [5.74, 6) is 0. The second-order valence-electron chi connectivity index (χ2n) is 14.1. The smallest absolute Gasteiger partial charge is 0.283 e. The Hall–Kier alpha value is 14.1. The number of hydrogen-bond acceptors (Lipinski definition) is 2. The van der Waals surface area contributed by atoms with Crippen LogP contribution in [-0.2, 0) is 10.1 Å². The maximum Gasteiger partial charge on any atom is 0.302 e. The third-order valence-electron chi connectivity index (χ3n) is 9.33. The molecule has 0 aliphatic rings. The van der Waals surface area contributed by atoms with Crippen LogP contribution in [-0.4, -0.2) is 116 Å². The Morgan fingerprint density at radius 2 is 0.234 bits per heavy atom. The first kappa shape index (κ1) is 91.1. The lowest BCUT2D eigenvalue weighted by atomic mass is 9.95. The van der Waals surface area contributed by atoms with Crippen LogP contribution >= 0.6 is 568 Å². The summed E-state index contributed by atoms with van der Waals surface area (Å²) in [6, 6.07) is 0. The molecule has 0 spiro atoms. The minimum atomic E-state index is -5.88. The van der Waals surface area contributed by atoms with Gasteiger partial charge in [-0.05, 0) is 0 Å². The fraction of sp³-hybridized carbons (Fsp3) is 1.00. The molecule has 0 aliphatic carbocycles. The lowest BCUT2D eigenvalue weighted by Crippen LogP contribution is -2.77. The zero-order valence-corrected chi connectivity index (χ0v) is 70.0. The normalized spacial score (nSPS) is 17.6. The standard InChI is InChI=1S/C24HCl49O3S/c25-1(26,3(29,30)5(33,34)7(37,38)9(41,42)11(45,46)13(49,50)15(53,54)17(57,58)19(61,62)21(65,66)23(69,70)71)2(27,28)4(31,32)6(35,36)8(39,40)10(43,44)12(47,48)14(51,52)16(55,56)18(59,60)20(63,64)22(67,68)24(72,73)77(74,75)76/h(H,74,75,76). The van der Waals surface area contributed by atoms with Crippen LogP contribution in [0.15, 0.2) is 0 Å². The molecule has 3 nitrogen and oxygen atoms in total. The Balaban J connectivity index is 8.24. The third kappa shape index (κ3) is 13.2. The number of alkyl halides is 49. The Bertz CT molecular complexity index is 2290. The van der Waals surface area contributed by atoms with Gasteiger partial charge in [0.25, 0.3) is 3.67 Å². The van der Waals surface area contributed by atoms with E-state index < -0.39 is 113 Å². The summed E-state index contributed by atoms with van der Waals surface area (Å²) in [6.07, 6.45) is 0. The van der Waals surface area contributed by atoms with Crippen molar-refractivity contribution >= 4 is 579 Å². The van der Waals surface area contributed by atoms with Gasteiger partial charge in [-0.3, -0.25) is 4.55 Å². The fourth-order valence-corrected chi connectivity index (χ4v) is 22.6. The van der Waals surface area contributed by atoms with Gasteiger partial charge in [-0.1, -0.05) is 568 Å². The van der Waals surface area contributed by atoms with E-state index in [4.69, 9.17) is 568 Å². The lowest BCUT2D eigenvalue weighted by molar-refractivity contribution is 0.382. The molecule has 0 saturated carbocycles. The molecule has 0 heterocycles. The van der Waals surface area contributed by atoms with E-state index in [1.807, 2.05) is 0 Å². The number of rotatable bonds is 23. The molecule has 0 aromatic carbocycles. The van der Waals surface area contributed by atoms with Crippen molar-refractivity contribution in [2.75, 3.05) is 0 Å². The van der Waals surface area contributed by atoms with E-state index in [0.29, 0.717) is 0 Å². The summed E-state index contributed by atoms with van der Waals surface area (Å²) < 4.78 is -57.1. The predicted octanol–water partition coefficient (Wildman–Crippen LogP) is 28.2. The maximum atomic E-state index is 12.1. The van der Waals surface area contributed by atoms with Gasteiger partial charge >= 0.3 is 10.1 Å². The molecule has 0 radical (unpaired) electrons. The van der Waals surface area contributed by atoms with E-state index in [1.54, 1.807) is 0 Å². The van der Waals surface area contributed by atoms with Crippen molar-refractivity contribution in [2.45, 2.75) is 103 Å².